The number of aliphatic hydroxyl groups excluding tert-OH is 1. The number of aromatic nitrogens is 2. The molecule has 72 valence electrons. The van der Waals surface area contributed by atoms with Gasteiger partial charge in [0.05, 0.1) is 6.10 Å². The van der Waals surface area contributed by atoms with Crippen LogP contribution in [-0.2, 0) is 6.54 Å². The molecule has 0 spiro atoms. The van der Waals surface area contributed by atoms with Crippen molar-refractivity contribution < 1.29 is 12.8 Å². The van der Waals surface area contributed by atoms with Crippen LogP contribution in [-0.4, -0.2) is 25.7 Å². The van der Waals surface area contributed by atoms with Crippen LogP contribution in [0.25, 0.3) is 0 Å². The Morgan fingerprint density at radius 2 is 2.69 bits per heavy atom. The molecule has 0 amide bonds. The Labute approximate surface area is 77.8 Å². The molecular formula is C7H11N3O3. The second-order valence-corrected chi connectivity index (χ2v) is 2.60. The number of aryl methyl sites for hydroxylation is 1. The van der Waals surface area contributed by atoms with Gasteiger partial charge in [0.15, 0.2) is 5.82 Å². The van der Waals surface area contributed by atoms with Crippen molar-refractivity contribution in [3.05, 3.63) is 22.1 Å². The molecule has 6 heteroatoms. The quantitative estimate of drug-likeness (QED) is 0.551. The monoisotopic (exact) mass is 187 g/mol. The van der Waals surface area contributed by atoms with Gasteiger partial charge in [-0.25, -0.2) is 9.55 Å². The zero-order valence-corrected chi connectivity index (χ0v) is 7.04. The van der Waals surface area contributed by atoms with E-state index in [0.29, 0.717) is 5.82 Å². The summed E-state index contributed by atoms with van der Waals surface area (Å²) >= 11 is 0. The third-order valence-corrected chi connectivity index (χ3v) is 1.59. The predicted molar refractivity (Wildman–Crippen MR) is 45.3 cm³/mol. The molecule has 0 aromatic carbocycles. The fraction of sp³-hybridized carbons (Fsp3) is 0.571. The zero-order chi connectivity index (χ0) is 11.6. The van der Waals surface area contributed by atoms with Gasteiger partial charge < -0.3 is 15.2 Å². The number of hydrogen-bond donors (Lipinski definition) is 1. The summed E-state index contributed by atoms with van der Waals surface area (Å²) in [6.45, 7) is -0.0472. The first-order valence-corrected chi connectivity index (χ1v) is 3.62. The third kappa shape index (κ3) is 2.03. The molecule has 0 aliphatic heterocycles. The van der Waals surface area contributed by atoms with E-state index in [4.69, 9.17) is 2.74 Å². The zero-order valence-electron chi connectivity index (χ0n) is 9.04. The highest BCUT2D eigenvalue weighted by molar-refractivity contribution is 5.18. The van der Waals surface area contributed by atoms with Crippen molar-refractivity contribution >= 4 is 5.82 Å². The molecule has 6 nitrogen and oxygen atoms in total. The highest BCUT2D eigenvalue weighted by Crippen LogP contribution is 2.13. The van der Waals surface area contributed by atoms with Crippen LogP contribution in [0.3, 0.4) is 0 Å². The van der Waals surface area contributed by atoms with E-state index in [1.807, 2.05) is 0 Å². The number of hydrogen-bond acceptors (Lipinski definition) is 4. The number of aliphatic hydroxyl groups is 1. The van der Waals surface area contributed by atoms with E-state index in [1.165, 1.54) is 4.57 Å². The van der Waals surface area contributed by atoms with Crippen molar-refractivity contribution in [1.29, 1.82) is 0 Å². The van der Waals surface area contributed by atoms with Gasteiger partial charge in [0.1, 0.15) is 12.7 Å². The van der Waals surface area contributed by atoms with Crippen LogP contribution < -0.4 is 0 Å². The van der Waals surface area contributed by atoms with E-state index in [0.717, 1.165) is 6.20 Å². The highest BCUT2D eigenvalue weighted by Gasteiger charge is 2.18. The van der Waals surface area contributed by atoms with Gasteiger partial charge in [0.25, 0.3) is 0 Å². The molecule has 0 saturated heterocycles. The molecule has 0 saturated carbocycles. The predicted octanol–water partition coefficient (Wildman–Crippen LogP) is 0.481. The summed E-state index contributed by atoms with van der Waals surface area (Å²) in [6, 6.07) is 0. The minimum Gasteiger partial charge on any atom is -0.389 e. The van der Waals surface area contributed by atoms with Gasteiger partial charge >= 0.3 is 5.82 Å². The minimum absolute atomic E-state index is 0.167. The number of imidazole rings is 1. The van der Waals surface area contributed by atoms with Gasteiger partial charge in [-0.15, -0.1) is 0 Å². The van der Waals surface area contributed by atoms with E-state index >= 15 is 0 Å². The Balaban J connectivity index is 2.92. The fourth-order valence-electron chi connectivity index (χ4n) is 1.01. The Hall–Kier alpha value is -1.43. The van der Waals surface area contributed by atoms with Crippen molar-refractivity contribution in [2.45, 2.75) is 26.4 Å². The Morgan fingerprint density at radius 3 is 3.23 bits per heavy atom. The molecule has 1 N–H and O–H groups in total. The first-order valence-electron chi connectivity index (χ1n) is 4.78. The molecule has 1 heterocycles. The van der Waals surface area contributed by atoms with E-state index in [9.17, 15) is 15.2 Å². The van der Waals surface area contributed by atoms with Crippen LogP contribution in [0.1, 0.15) is 15.4 Å². The van der Waals surface area contributed by atoms with Crippen molar-refractivity contribution in [2.24, 2.45) is 0 Å². The highest BCUT2D eigenvalue weighted by atomic mass is 16.6. The Morgan fingerprint density at radius 1 is 2.00 bits per heavy atom. The number of nitro groups is 1. The molecule has 0 radical (unpaired) electrons. The van der Waals surface area contributed by atoms with Gasteiger partial charge in [-0.3, -0.25) is 0 Å². The molecule has 1 unspecified atom stereocenters. The number of nitrogens with zero attached hydrogens (tertiary/aromatic N) is 3. The lowest BCUT2D eigenvalue weighted by Gasteiger charge is -2.04. The summed E-state index contributed by atoms with van der Waals surface area (Å²) in [5, 5.41) is 19.8. The summed E-state index contributed by atoms with van der Waals surface area (Å²) < 4.78 is 15.1. The van der Waals surface area contributed by atoms with E-state index in [1.54, 1.807) is 6.92 Å². The van der Waals surface area contributed by atoms with E-state index in [-0.39, 0.29) is 12.4 Å². The first-order chi connectivity index (χ1) is 6.93. The number of rotatable bonds is 3. The van der Waals surface area contributed by atoms with Crippen LogP contribution in [0.2, 0.25) is 0 Å². The summed E-state index contributed by atoms with van der Waals surface area (Å²) in [6.07, 6.45) is -0.179. The molecule has 0 fully saturated rings. The maximum atomic E-state index is 10.6. The first kappa shape index (κ1) is 7.02. The van der Waals surface area contributed by atoms with Crippen LogP contribution >= 0.6 is 0 Å². The fourth-order valence-corrected chi connectivity index (χ4v) is 1.01. The minimum atomic E-state index is -1.44. The summed E-state index contributed by atoms with van der Waals surface area (Å²) in [4.78, 5) is 13.7. The van der Waals surface area contributed by atoms with Crippen molar-refractivity contribution in [3.8, 4) is 0 Å². The van der Waals surface area contributed by atoms with E-state index in [2.05, 4.69) is 4.98 Å². The second-order valence-electron chi connectivity index (χ2n) is 2.60. The maximum Gasteiger partial charge on any atom is 0.342 e. The Kier molecular flexibility index (Phi) is 1.90. The van der Waals surface area contributed by atoms with Crippen molar-refractivity contribution in [2.75, 3.05) is 0 Å². The van der Waals surface area contributed by atoms with Crippen LogP contribution in [0.15, 0.2) is 6.20 Å². The SMILES string of the molecule is [2H]C([2H])C(O)Cn1c([N+](=O)[O-])cnc1C. The molecule has 1 aromatic rings. The molecule has 1 atom stereocenters. The van der Waals surface area contributed by atoms with Gasteiger partial charge in [0.2, 0.25) is 0 Å². The molecule has 1 rings (SSSR count). The largest absolute Gasteiger partial charge is 0.389 e. The van der Waals surface area contributed by atoms with Gasteiger partial charge in [-0.2, -0.15) is 0 Å². The van der Waals surface area contributed by atoms with E-state index < -0.39 is 17.9 Å². The molecule has 1 aromatic heterocycles. The van der Waals surface area contributed by atoms with Crippen LogP contribution in [0, 0.1) is 17.0 Å². The average Bonchev–Trinajstić information content (AvgIpc) is 2.48. The maximum absolute atomic E-state index is 10.6. The summed E-state index contributed by atoms with van der Waals surface area (Å²) in [5.74, 6) is 0.133. The smallest absolute Gasteiger partial charge is 0.342 e. The topological polar surface area (TPSA) is 81.2 Å². The summed E-state index contributed by atoms with van der Waals surface area (Å²) in [7, 11) is 0. The lowest BCUT2D eigenvalue weighted by Crippen LogP contribution is -2.14. The average molecular weight is 187 g/mol. The van der Waals surface area contributed by atoms with Gasteiger partial charge in [0, 0.05) is 9.67 Å². The standard InChI is InChI=1S/C7H11N3O3/c1-5(11)4-9-6(2)8-3-7(9)10(12)13/h3,5,11H,4H2,1-2H3/i1D2. The second kappa shape index (κ2) is 3.53. The summed E-state index contributed by atoms with van der Waals surface area (Å²) in [5.41, 5.74) is 0. The van der Waals surface area contributed by atoms with Crippen LogP contribution in [0.5, 0.6) is 0 Å². The molecular weight excluding hydrogens is 174 g/mol. The molecule has 0 bridgehead atoms. The van der Waals surface area contributed by atoms with Crippen molar-refractivity contribution in [1.82, 2.24) is 9.55 Å². The molecule has 13 heavy (non-hydrogen) atoms. The lowest BCUT2D eigenvalue weighted by atomic mass is 10.4. The van der Waals surface area contributed by atoms with Gasteiger partial charge in [-0.1, -0.05) is 0 Å². The normalized spacial score (nSPS) is 15.3. The third-order valence-electron chi connectivity index (χ3n) is 1.59. The van der Waals surface area contributed by atoms with Crippen LogP contribution in [0.4, 0.5) is 5.82 Å². The molecule has 0 aliphatic carbocycles. The molecule has 0 aliphatic rings. The lowest BCUT2D eigenvalue weighted by molar-refractivity contribution is -0.392. The van der Waals surface area contributed by atoms with Crippen molar-refractivity contribution in [3.63, 3.8) is 0 Å². The van der Waals surface area contributed by atoms with Gasteiger partial charge in [-0.05, 0) is 11.8 Å². The Bertz CT molecular complexity index is 366.